The minimum Gasteiger partial charge on any atom is -0.444 e. The Morgan fingerprint density at radius 3 is 2.92 bits per heavy atom. The molecule has 0 radical (unpaired) electrons. The molecule has 1 aliphatic rings. The minimum atomic E-state index is -0.522. The van der Waals surface area contributed by atoms with Gasteiger partial charge in [0.25, 0.3) is 5.56 Å². The second-order valence-corrected chi connectivity index (χ2v) is 7.83. The smallest absolute Gasteiger partial charge is 0.410 e. The summed E-state index contributed by atoms with van der Waals surface area (Å²) in [7, 11) is 0. The molecule has 1 aliphatic heterocycles. The van der Waals surface area contributed by atoms with Crippen LogP contribution in [-0.4, -0.2) is 44.3 Å². The van der Waals surface area contributed by atoms with E-state index in [2.05, 4.69) is 26.0 Å². The van der Waals surface area contributed by atoms with E-state index in [0.717, 1.165) is 12.8 Å². The molecule has 0 spiro atoms. The van der Waals surface area contributed by atoms with Crippen molar-refractivity contribution in [2.75, 3.05) is 13.1 Å². The SMILES string of the molecule is CC(C)(C)OC(=O)N1CCCC(c2nc3cc[nH]n3c(=O)c2Br)C1. The van der Waals surface area contributed by atoms with Gasteiger partial charge in [-0.25, -0.2) is 14.3 Å². The lowest BCUT2D eigenvalue weighted by Gasteiger charge is -2.34. The summed E-state index contributed by atoms with van der Waals surface area (Å²) in [5.74, 6) is 0.00763. The highest BCUT2D eigenvalue weighted by molar-refractivity contribution is 9.10. The van der Waals surface area contributed by atoms with E-state index in [9.17, 15) is 9.59 Å². The summed E-state index contributed by atoms with van der Waals surface area (Å²) < 4.78 is 7.29. The van der Waals surface area contributed by atoms with Gasteiger partial charge in [0.1, 0.15) is 10.1 Å². The molecule has 0 aromatic carbocycles. The highest BCUT2D eigenvalue weighted by Gasteiger charge is 2.30. The molecule has 130 valence electrons. The van der Waals surface area contributed by atoms with Crippen LogP contribution in [0.15, 0.2) is 21.5 Å². The number of hydrogen-bond acceptors (Lipinski definition) is 4. The average molecular weight is 397 g/mol. The highest BCUT2D eigenvalue weighted by atomic mass is 79.9. The molecule has 2 aromatic heterocycles. The molecule has 0 aliphatic carbocycles. The van der Waals surface area contributed by atoms with Gasteiger partial charge in [-0.2, -0.15) is 0 Å². The van der Waals surface area contributed by atoms with E-state index in [-0.39, 0.29) is 17.6 Å². The van der Waals surface area contributed by atoms with Crippen LogP contribution in [0.25, 0.3) is 5.65 Å². The van der Waals surface area contributed by atoms with Crippen LogP contribution in [0.4, 0.5) is 4.79 Å². The van der Waals surface area contributed by atoms with Crippen molar-refractivity contribution < 1.29 is 9.53 Å². The Hall–Kier alpha value is -1.83. The number of likely N-dealkylation sites (tertiary alicyclic amines) is 1. The first-order valence-electron chi connectivity index (χ1n) is 8.00. The van der Waals surface area contributed by atoms with Crippen molar-refractivity contribution in [3.05, 3.63) is 32.8 Å². The number of piperidine rings is 1. The van der Waals surface area contributed by atoms with Gasteiger partial charge in [0.15, 0.2) is 5.65 Å². The van der Waals surface area contributed by atoms with Crippen molar-refractivity contribution >= 4 is 27.7 Å². The maximum absolute atomic E-state index is 12.4. The number of fused-ring (bicyclic) bond motifs is 1. The maximum atomic E-state index is 12.4. The van der Waals surface area contributed by atoms with Gasteiger partial charge in [-0.1, -0.05) is 0 Å². The molecule has 1 amide bonds. The number of aromatic nitrogens is 3. The lowest BCUT2D eigenvalue weighted by molar-refractivity contribution is 0.0197. The maximum Gasteiger partial charge on any atom is 0.410 e. The van der Waals surface area contributed by atoms with E-state index in [4.69, 9.17) is 4.74 Å². The molecule has 1 N–H and O–H groups in total. The average Bonchev–Trinajstić information content (AvgIpc) is 2.98. The molecule has 1 fully saturated rings. The van der Waals surface area contributed by atoms with Gasteiger partial charge < -0.3 is 9.64 Å². The summed E-state index contributed by atoms with van der Waals surface area (Å²) in [4.78, 5) is 31.0. The topological polar surface area (TPSA) is 79.7 Å². The van der Waals surface area contributed by atoms with Gasteiger partial charge in [-0.3, -0.25) is 9.89 Å². The third-order valence-corrected chi connectivity index (χ3v) is 4.72. The first kappa shape index (κ1) is 17.0. The van der Waals surface area contributed by atoms with Crippen LogP contribution in [0, 0.1) is 0 Å². The normalized spacial score (nSPS) is 18.8. The summed E-state index contributed by atoms with van der Waals surface area (Å²) in [6.45, 7) is 6.72. The summed E-state index contributed by atoms with van der Waals surface area (Å²) in [5.41, 5.74) is 0.584. The summed E-state index contributed by atoms with van der Waals surface area (Å²) >= 11 is 3.38. The molecule has 0 bridgehead atoms. The van der Waals surface area contributed by atoms with Crippen molar-refractivity contribution in [1.29, 1.82) is 0 Å². The van der Waals surface area contributed by atoms with Crippen LogP contribution in [-0.2, 0) is 4.74 Å². The molecule has 24 heavy (non-hydrogen) atoms. The zero-order chi connectivity index (χ0) is 17.5. The fraction of sp³-hybridized carbons (Fsp3) is 0.562. The first-order chi connectivity index (χ1) is 11.3. The molecule has 1 unspecified atom stereocenters. The van der Waals surface area contributed by atoms with Gasteiger partial charge in [-0.15, -0.1) is 0 Å². The standard InChI is InChI=1S/C16H21BrN4O3/c1-16(2,3)24-15(23)20-8-4-5-10(9-20)13-12(17)14(22)21-11(19-13)6-7-18-21/h6-7,10,18H,4-5,8-9H2,1-3H3. The zero-order valence-corrected chi connectivity index (χ0v) is 15.6. The molecular weight excluding hydrogens is 376 g/mol. The van der Waals surface area contributed by atoms with Crippen LogP contribution in [0.3, 0.4) is 0 Å². The van der Waals surface area contributed by atoms with E-state index in [0.29, 0.717) is 28.9 Å². The van der Waals surface area contributed by atoms with Gasteiger partial charge in [0.05, 0.1) is 5.69 Å². The number of nitrogens with one attached hydrogen (secondary N) is 1. The molecule has 7 nitrogen and oxygen atoms in total. The number of carbonyl (C=O) groups is 1. The largest absolute Gasteiger partial charge is 0.444 e. The van der Waals surface area contributed by atoms with Crippen LogP contribution >= 0.6 is 15.9 Å². The Balaban J connectivity index is 1.86. The van der Waals surface area contributed by atoms with E-state index < -0.39 is 5.60 Å². The molecule has 3 heterocycles. The number of amides is 1. The van der Waals surface area contributed by atoms with Crippen LogP contribution in [0.5, 0.6) is 0 Å². The van der Waals surface area contributed by atoms with Crippen molar-refractivity contribution in [2.45, 2.75) is 45.1 Å². The Morgan fingerprint density at radius 1 is 1.46 bits per heavy atom. The second-order valence-electron chi connectivity index (χ2n) is 7.04. The molecule has 8 heteroatoms. The Bertz CT molecular complexity index is 821. The Morgan fingerprint density at radius 2 is 2.21 bits per heavy atom. The first-order valence-corrected chi connectivity index (χ1v) is 8.79. The quantitative estimate of drug-likeness (QED) is 0.803. The number of halogens is 1. The number of H-pyrrole nitrogens is 1. The lowest BCUT2D eigenvalue weighted by atomic mass is 9.95. The van der Waals surface area contributed by atoms with Gasteiger partial charge >= 0.3 is 6.09 Å². The number of nitrogens with zero attached hydrogens (tertiary/aromatic N) is 3. The van der Waals surface area contributed by atoms with Gasteiger partial charge in [-0.05, 0) is 49.5 Å². The van der Waals surface area contributed by atoms with Gasteiger partial charge in [0, 0.05) is 31.3 Å². The second kappa shape index (κ2) is 6.23. The minimum absolute atomic E-state index is 0.00763. The number of aromatic amines is 1. The molecule has 1 atom stereocenters. The zero-order valence-electron chi connectivity index (χ0n) is 14.0. The van der Waals surface area contributed by atoms with Crippen molar-refractivity contribution in [3.63, 3.8) is 0 Å². The summed E-state index contributed by atoms with van der Waals surface area (Å²) in [5, 5.41) is 2.84. The molecular formula is C16H21BrN4O3. The number of ether oxygens (including phenoxy) is 1. The highest BCUT2D eigenvalue weighted by Crippen LogP contribution is 2.30. The van der Waals surface area contributed by atoms with E-state index in [1.807, 2.05) is 20.8 Å². The van der Waals surface area contributed by atoms with Crippen LogP contribution < -0.4 is 5.56 Å². The molecule has 3 rings (SSSR count). The summed E-state index contributed by atoms with van der Waals surface area (Å²) in [6.07, 6.45) is 3.09. The predicted octanol–water partition coefficient (Wildman–Crippen LogP) is 2.90. The summed E-state index contributed by atoms with van der Waals surface area (Å²) in [6, 6.07) is 1.76. The fourth-order valence-electron chi connectivity index (χ4n) is 2.92. The van der Waals surface area contributed by atoms with Crippen molar-refractivity contribution in [2.24, 2.45) is 0 Å². The van der Waals surface area contributed by atoms with Crippen LogP contribution in [0.2, 0.25) is 0 Å². The molecule has 0 saturated carbocycles. The number of carbonyl (C=O) groups excluding carboxylic acids is 1. The van der Waals surface area contributed by atoms with E-state index in [1.54, 1.807) is 17.2 Å². The van der Waals surface area contributed by atoms with Crippen molar-refractivity contribution in [3.8, 4) is 0 Å². The van der Waals surface area contributed by atoms with E-state index >= 15 is 0 Å². The third-order valence-electron chi connectivity index (χ3n) is 3.98. The number of hydrogen-bond donors (Lipinski definition) is 1. The molecule has 2 aromatic rings. The van der Waals surface area contributed by atoms with Crippen LogP contribution in [0.1, 0.15) is 45.2 Å². The molecule has 1 saturated heterocycles. The monoisotopic (exact) mass is 396 g/mol. The van der Waals surface area contributed by atoms with Crippen molar-refractivity contribution in [1.82, 2.24) is 19.5 Å². The number of rotatable bonds is 1. The van der Waals surface area contributed by atoms with Gasteiger partial charge in [0.2, 0.25) is 0 Å². The fourth-order valence-corrected chi connectivity index (χ4v) is 3.51. The third kappa shape index (κ3) is 3.33. The predicted molar refractivity (Wildman–Crippen MR) is 93.3 cm³/mol. The lowest BCUT2D eigenvalue weighted by Crippen LogP contribution is -2.42. The Kier molecular flexibility index (Phi) is 4.42. The Labute approximate surface area is 148 Å². The van der Waals surface area contributed by atoms with E-state index in [1.165, 1.54) is 4.52 Å².